The Balaban J connectivity index is 2.22. The number of Topliss-reactive ketones (excluding diaryl/α,β-unsaturated/α-hetero) is 2. The van der Waals surface area contributed by atoms with Crippen molar-refractivity contribution in [3.8, 4) is 0 Å². The molecule has 0 aromatic heterocycles. The molecule has 1 atom stereocenters. The highest BCUT2D eigenvalue weighted by molar-refractivity contribution is 7.90. The van der Waals surface area contributed by atoms with Crippen LogP contribution in [0, 0.1) is 0 Å². The second-order valence-electron chi connectivity index (χ2n) is 7.27. The lowest BCUT2D eigenvalue weighted by Crippen LogP contribution is -2.32. The van der Waals surface area contributed by atoms with Gasteiger partial charge in [0.25, 0.3) is 0 Å². The molecule has 0 amide bonds. The molecule has 0 radical (unpaired) electrons. The first-order valence-corrected chi connectivity index (χ1v) is 11.3. The summed E-state index contributed by atoms with van der Waals surface area (Å²) in [4.78, 5) is 25.3. The largest absolute Gasteiger partial charge is 0.478 e. The number of carbonyl (C=O) groups is 2. The number of sulfone groups is 1. The van der Waals surface area contributed by atoms with E-state index in [4.69, 9.17) is 16.3 Å². The summed E-state index contributed by atoms with van der Waals surface area (Å²) in [6.45, 7) is 4.98. The number of hydrogen-bond acceptors (Lipinski definition) is 5. The minimum atomic E-state index is -3.34. The first kappa shape index (κ1) is 21.3. The molecule has 0 saturated carbocycles. The number of rotatable bonds is 5. The first-order valence-electron chi connectivity index (χ1n) is 9.07. The van der Waals surface area contributed by atoms with E-state index in [1.54, 1.807) is 37.3 Å². The highest BCUT2D eigenvalue weighted by Crippen LogP contribution is 2.43. The zero-order valence-electron chi connectivity index (χ0n) is 16.6. The molecule has 3 rings (SSSR count). The van der Waals surface area contributed by atoms with Gasteiger partial charge in [0.05, 0.1) is 15.5 Å². The standard InChI is InChI=1S/C22H21ClO5S/c1-5-22(3)21(25)19(15-8-11-18(23)17(12-15)13(2)24)20(28-22)14-6-9-16(10-7-14)29(4,26)27/h6-12H,5H2,1-4H3. The number of ketones is 2. The molecular weight excluding hydrogens is 412 g/mol. The Labute approximate surface area is 175 Å². The van der Waals surface area contributed by atoms with Crippen molar-refractivity contribution in [3.63, 3.8) is 0 Å². The summed E-state index contributed by atoms with van der Waals surface area (Å²) in [5, 5.41) is 0.311. The number of carbonyl (C=O) groups excluding carboxylic acids is 2. The fourth-order valence-corrected chi connectivity index (χ4v) is 4.07. The lowest BCUT2D eigenvalue weighted by atomic mass is 9.89. The summed E-state index contributed by atoms with van der Waals surface area (Å²) in [7, 11) is -3.34. The van der Waals surface area contributed by atoms with Gasteiger partial charge in [0, 0.05) is 17.4 Å². The fourth-order valence-electron chi connectivity index (χ4n) is 3.19. The highest BCUT2D eigenvalue weighted by Gasteiger charge is 2.45. The van der Waals surface area contributed by atoms with Gasteiger partial charge in [0.1, 0.15) is 5.76 Å². The molecule has 0 aliphatic carbocycles. The monoisotopic (exact) mass is 432 g/mol. The van der Waals surface area contributed by atoms with Gasteiger partial charge in [-0.05, 0) is 62.2 Å². The van der Waals surface area contributed by atoms with Crippen LogP contribution < -0.4 is 0 Å². The van der Waals surface area contributed by atoms with Gasteiger partial charge >= 0.3 is 0 Å². The zero-order valence-corrected chi connectivity index (χ0v) is 18.1. The number of ether oxygens (including phenoxy) is 1. The maximum atomic E-state index is 13.2. The lowest BCUT2D eigenvalue weighted by molar-refractivity contribution is -0.126. The van der Waals surface area contributed by atoms with Gasteiger partial charge in [-0.15, -0.1) is 0 Å². The second kappa shape index (κ2) is 7.43. The summed E-state index contributed by atoms with van der Waals surface area (Å²) in [6.07, 6.45) is 1.58. The molecule has 1 aliphatic rings. The third-order valence-corrected chi connectivity index (χ3v) is 6.57. The van der Waals surface area contributed by atoms with E-state index < -0.39 is 15.4 Å². The van der Waals surface area contributed by atoms with Crippen LogP contribution in [0.1, 0.15) is 48.7 Å². The summed E-state index contributed by atoms with van der Waals surface area (Å²) in [5.41, 5.74) is 0.735. The Bertz CT molecular complexity index is 1150. The quantitative estimate of drug-likeness (QED) is 0.646. The number of benzene rings is 2. The molecule has 2 aromatic carbocycles. The van der Waals surface area contributed by atoms with E-state index in [0.717, 1.165) is 6.26 Å². The first-order chi connectivity index (χ1) is 13.5. The predicted molar refractivity (Wildman–Crippen MR) is 113 cm³/mol. The summed E-state index contributed by atoms with van der Waals surface area (Å²) < 4.78 is 29.6. The third-order valence-electron chi connectivity index (χ3n) is 5.12. The highest BCUT2D eigenvalue weighted by atomic mass is 35.5. The summed E-state index contributed by atoms with van der Waals surface area (Å²) in [5.74, 6) is -0.0450. The second-order valence-corrected chi connectivity index (χ2v) is 9.69. The van der Waals surface area contributed by atoms with Crippen molar-refractivity contribution in [2.75, 3.05) is 6.26 Å². The Morgan fingerprint density at radius 2 is 1.69 bits per heavy atom. The molecule has 29 heavy (non-hydrogen) atoms. The van der Waals surface area contributed by atoms with E-state index in [-0.39, 0.29) is 16.5 Å². The molecule has 1 unspecified atom stereocenters. The van der Waals surface area contributed by atoms with E-state index in [9.17, 15) is 18.0 Å². The van der Waals surface area contributed by atoms with E-state index in [1.165, 1.54) is 19.1 Å². The zero-order chi connectivity index (χ0) is 21.6. The van der Waals surface area contributed by atoms with Gasteiger partial charge in [-0.25, -0.2) is 8.42 Å². The molecule has 2 aromatic rings. The molecule has 0 saturated heterocycles. The van der Waals surface area contributed by atoms with Crippen LogP contribution in [0.15, 0.2) is 47.4 Å². The van der Waals surface area contributed by atoms with Crippen LogP contribution in [0.25, 0.3) is 11.3 Å². The predicted octanol–water partition coefficient (Wildman–Crippen LogP) is 4.58. The normalized spacial score (nSPS) is 19.4. The molecule has 0 N–H and O–H groups in total. The molecule has 0 bridgehead atoms. The van der Waals surface area contributed by atoms with E-state index in [0.29, 0.717) is 39.5 Å². The van der Waals surface area contributed by atoms with Crippen molar-refractivity contribution >= 4 is 44.3 Å². The average molecular weight is 433 g/mol. The number of hydrogen-bond donors (Lipinski definition) is 0. The van der Waals surface area contributed by atoms with Crippen LogP contribution in [0.4, 0.5) is 0 Å². The minimum absolute atomic E-state index is 0.177. The van der Waals surface area contributed by atoms with Gasteiger partial charge in [-0.1, -0.05) is 24.6 Å². The van der Waals surface area contributed by atoms with Gasteiger partial charge in [-0.2, -0.15) is 0 Å². The van der Waals surface area contributed by atoms with Crippen LogP contribution in [-0.2, 0) is 19.4 Å². The molecular formula is C22H21ClO5S. The Kier molecular flexibility index (Phi) is 5.45. The van der Waals surface area contributed by atoms with Crippen molar-refractivity contribution in [1.29, 1.82) is 0 Å². The topological polar surface area (TPSA) is 77.5 Å². The molecule has 0 spiro atoms. The van der Waals surface area contributed by atoms with Crippen molar-refractivity contribution in [2.24, 2.45) is 0 Å². The van der Waals surface area contributed by atoms with Crippen molar-refractivity contribution in [3.05, 3.63) is 64.2 Å². The van der Waals surface area contributed by atoms with Crippen LogP contribution in [0.3, 0.4) is 0 Å². The maximum Gasteiger partial charge on any atom is 0.210 e. The van der Waals surface area contributed by atoms with Crippen LogP contribution in [0.5, 0.6) is 0 Å². The lowest BCUT2D eigenvalue weighted by Gasteiger charge is -2.21. The van der Waals surface area contributed by atoms with Gasteiger partial charge in [-0.3, -0.25) is 9.59 Å². The summed E-state index contributed by atoms with van der Waals surface area (Å²) >= 11 is 6.12. The maximum absolute atomic E-state index is 13.2. The molecule has 152 valence electrons. The van der Waals surface area contributed by atoms with Gasteiger partial charge < -0.3 is 4.74 Å². The van der Waals surface area contributed by atoms with Crippen molar-refractivity contribution < 1.29 is 22.7 Å². The van der Waals surface area contributed by atoms with Crippen LogP contribution in [-0.4, -0.2) is 31.8 Å². The Hall–Kier alpha value is -2.44. The Morgan fingerprint density at radius 3 is 2.21 bits per heavy atom. The van der Waals surface area contributed by atoms with Crippen molar-refractivity contribution in [1.82, 2.24) is 0 Å². The molecule has 1 heterocycles. The molecule has 5 nitrogen and oxygen atoms in total. The smallest absolute Gasteiger partial charge is 0.210 e. The van der Waals surface area contributed by atoms with Crippen molar-refractivity contribution in [2.45, 2.75) is 37.7 Å². The Morgan fingerprint density at radius 1 is 1.10 bits per heavy atom. The van der Waals surface area contributed by atoms with E-state index >= 15 is 0 Å². The average Bonchev–Trinajstić information content (AvgIpc) is 2.93. The minimum Gasteiger partial charge on any atom is -0.478 e. The van der Waals surface area contributed by atoms with Gasteiger partial charge in [0.2, 0.25) is 5.78 Å². The van der Waals surface area contributed by atoms with E-state index in [2.05, 4.69) is 0 Å². The van der Waals surface area contributed by atoms with Crippen LogP contribution in [0.2, 0.25) is 5.02 Å². The molecule has 0 fully saturated rings. The number of halogens is 1. The van der Waals surface area contributed by atoms with Gasteiger partial charge in [0.15, 0.2) is 21.2 Å². The molecule has 1 aliphatic heterocycles. The molecule has 7 heteroatoms. The van der Waals surface area contributed by atoms with E-state index in [1.807, 2.05) is 6.92 Å². The SMILES string of the molecule is CCC1(C)OC(c2ccc(S(C)(=O)=O)cc2)=C(c2ccc(Cl)c(C(C)=O)c2)C1=O. The van der Waals surface area contributed by atoms with Crippen LogP contribution >= 0.6 is 11.6 Å². The third kappa shape index (κ3) is 3.87. The fraction of sp³-hybridized carbons (Fsp3) is 0.273. The summed E-state index contributed by atoms with van der Waals surface area (Å²) in [6, 6.07) is 11.0.